The summed E-state index contributed by atoms with van der Waals surface area (Å²) in [6, 6.07) is 8.46. The molecule has 1 aromatic heterocycles. The first kappa shape index (κ1) is 16.7. The maximum absolute atomic E-state index is 4.16. The van der Waals surface area contributed by atoms with E-state index in [0.29, 0.717) is 0 Å². The van der Waals surface area contributed by atoms with Gasteiger partial charge in [-0.2, -0.15) is 0 Å². The van der Waals surface area contributed by atoms with Gasteiger partial charge in [-0.15, -0.1) is 0 Å². The highest BCUT2D eigenvalue weighted by molar-refractivity contribution is 5.81. The maximum Gasteiger partial charge on any atom is 0.0867 e. The largest absolute Gasteiger partial charge is 0.378 e. The predicted octanol–water partition coefficient (Wildman–Crippen LogP) is 4.11. The average Bonchev–Trinajstić information content (AvgIpc) is 2.47. The molecule has 0 saturated carbocycles. The predicted molar refractivity (Wildman–Crippen MR) is 101 cm³/mol. The van der Waals surface area contributed by atoms with E-state index in [4.69, 9.17) is 0 Å². The number of nitrogens with one attached hydrogen (secondary N) is 2. The summed E-state index contributed by atoms with van der Waals surface area (Å²) in [6.45, 7) is 6.19. The number of hydrogen-bond acceptors (Lipinski definition) is 2. The molecular formula is C19H26N4. The van der Waals surface area contributed by atoms with Gasteiger partial charge in [0.05, 0.1) is 11.4 Å². The first-order valence-corrected chi connectivity index (χ1v) is 7.69. The van der Waals surface area contributed by atoms with Crippen LogP contribution in [0.3, 0.4) is 0 Å². The zero-order valence-electron chi connectivity index (χ0n) is 14.6. The second-order valence-electron chi connectivity index (χ2n) is 5.91. The molecule has 0 fully saturated rings. The number of likely N-dealkylation sites (N-methyl/N-ethyl adjacent to an activating group) is 1. The summed E-state index contributed by atoms with van der Waals surface area (Å²) in [5.74, 6) is 0. The smallest absolute Gasteiger partial charge is 0.0867 e. The zero-order chi connectivity index (χ0) is 17.0. The SMILES string of the molecule is C=C(/C=C\C(=C/C)N(C)C)c1[nH][nH]c1-c1ccc(N(C)C)cc1. The number of aromatic amines is 2. The summed E-state index contributed by atoms with van der Waals surface area (Å²) in [5, 5.41) is 6.30. The lowest BCUT2D eigenvalue weighted by molar-refractivity contribution is 0.529. The molecule has 0 unspecified atom stereocenters. The van der Waals surface area contributed by atoms with Crippen LogP contribution in [-0.2, 0) is 0 Å². The van der Waals surface area contributed by atoms with Crippen LogP contribution in [0, 0.1) is 0 Å². The Labute approximate surface area is 138 Å². The van der Waals surface area contributed by atoms with Crippen molar-refractivity contribution in [1.29, 1.82) is 0 Å². The van der Waals surface area contributed by atoms with Crippen LogP contribution >= 0.6 is 0 Å². The number of nitrogens with zero attached hydrogens (tertiary/aromatic N) is 2. The zero-order valence-corrected chi connectivity index (χ0v) is 14.6. The van der Waals surface area contributed by atoms with Crippen molar-refractivity contribution >= 4 is 11.3 Å². The monoisotopic (exact) mass is 310 g/mol. The first-order chi connectivity index (χ1) is 10.9. The Bertz CT molecular complexity index is 709. The van der Waals surface area contributed by atoms with Crippen LogP contribution in [0.2, 0.25) is 0 Å². The third kappa shape index (κ3) is 3.77. The molecule has 23 heavy (non-hydrogen) atoms. The van der Waals surface area contributed by atoms with Gasteiger partial charge in [0.25, 0.3) is 0 Å². The van der Waals surface area contributed by atoms with Crippen LogP contribution in [0.25, 0.3) is 16.8 Å². The molecule has 1 aromatic carbocycles. The van der Waals surface area contributed by atoms with E-state index in [2.05, 4.69) is 63.0 Å². The van der Waals surface area contributed by atoms with Gasteiger partial charge in [-0.25, -0.2) is 0 Å². The molecule has 0 amide bonds. The second kappa shape index (κ2) is 7.09. The van der Waals surface area contributed by atoms with Gasteiger partial charge in [-0.05, 0) is 30.7 Å². The van der Waals surface area contributed by atoms with Gasteiger partial charge in [-0.3, -0.25) is 10.2 Å². The third-order valence-corrected chi connectivity index (χ3v) is 3.82. The van der Waals surface area contributed by atoms with Crippen LogP contribution in [0.4, 0.5) is 5.69 Å². The Morgan fingerprint density at radius 3 is 2.09 bits per heavy atom. The van der Waals surface area contributed by atoms with E-state index in [1.54, 1.807) is 0 Å². The van der Waals surface area contributed by atoms with E-state index >= 15 is 0 Å². The molecular weight excluding hydrogens is 284 g/mol. The van der Waals surface area contributed by atoms with Crippen LogP contribution in [0.1, 0.15) is 12.6 Å². The molecule has 0 saturated heterocycles. The Kier molecular flexibility index (Phi) is 5.16. The molecule has 2 rings (SSSR count). The lowest BCUT2D eigenvalue weighted by Gasteiger charge is -2.17. The van der Waals surface area contributed by atoms with E-state index in [1.807, 2.05) is 41.2 Å². The van der Waals surface area contributed by atoms with Gasteiger partial charge in [0.2, 0.25) is 0 Å². The highest BCUT2D eigenvalue weighted by atomic mass is 15.2. The van der Waals surface area contributed by atoms with Crippen molar-refractivity contribution in [2.45, 2.75) is 6.92 Å². The van der Waals surface area contributed by atoms with Crippen LogP contribution in [0.5, 0.6) is 0 Å². The second-order valence-corrected chi connectivity index (χ2v) is 5.91. The fraction of sp³-hybridized carbons (Fsp3) is 0.263. The van der Waals surface area contributed by atoms with Crippen molar-refractivity contribution in [3.8, 4) is 11.3 Å². The average molecular weight is 310 g/mol. The van der Waals surface area contributed by atoms with E-state index in [-0.39, 0.29) is 0 Å². The summed E-state index contributed by atoms with van der Waals surface area (Å²) >= 11 is 0. The van der Waals surface area contributed by atoms with Gasteiger partial charge >= 0.3 is 0 Å². The Morgan fingerprint density at radius 2 is 1.65 bits per heavy atom. The van der Waals surface area contributed by atoms with Gasteiger partial charge < -0.3 is 9.80 Å². The fourth-order valence-electron chi connectivity index (χ4n) is 2.34. The minimum atomic E-state index is 0.955. The molecule has 0 aliphatic rings. The molecule has 1 heterocycles. The highest BCUT2D eigenvalue weighted by Gasteiger charge is 2.11. The van der Waals surface area contributed by atoms with Gasteiger partial charge in [0, 0.05) is 45.1 Å². The molecule has 122 valence electrons. The molecule has 4 heteroatoms. The number of aromatic nitrogens is 2. The van der Waals surface area contributed by atoms with Crippen LogP contribution < -0.4 is 4.90 Å². The maximum atomic E-state index is 4.16. The van der Waals surface area contributed by atoms with E-state index in [1.165, 1.54) is 5.69 Å². The molecule has 0 bridgehead atoms. The standard InChI is InChI=1S/C19H26N4/c1-7-16(22(3)4)11-8-14(2)18-19(21-20-18)15-9-12-17(13-10-15)23(5)6/h7-13,20-21H,2H2,1,3-6H3/b11-8-,16-7+. The normalized spacial score (nSPS) is 12.0. The summed E-state index contributed by atoms with van der Waals surface area (Å²) in [6.07, 6.45) is 6.18. The number of allylic oxidation sites excluding steroid dienone is 4. The summed E-state index contributed by atoms with van der Waals surface area (Å²) in [4.78, 5) is 4.17. The molecule has 4 nitrogen and oxygen atoms in total. The number of anilines is 1. The Balaban J connectivity index is 2.16. The molecule has 0 spiro atoms. The first-order valence-electron chi connectivity index (χ1n) is 7.69. The number of H-pyrrole nitrogens is 2. The summed E-state index contributed by atoms with van der Waals surface area (Å²) < 4.78 is 0. The molecule has 2 aromatic rings. The lowest BCUT2D eigenvalue weighted by atomic mass is 10.0. The van der Waals surface area contributed by atoms with Crippen molar-refractivity contribution in [3.63, 3.8) is 0 Å². The van der Waals surface area contributed by atoms with Crippen molar-refractivity contribution < 1.29 is 0 Å². The summed E-state index contributed by atoms with van der Waals surface area (Å²) in [7, 11) is 8.14. The molecule has 0 radical (unpaired) electrons. The van der Waals surface area contributed by atoms with E-state index in [0.717, 1.165) is 28.2 Å². The fourth-order valence-corrected chi connectivity index (χ4v) is 2.34. The van der Waals surface area contributed by atoms with Gasteiger partial charge in [-0.1, -0.05) is 30.9 Å². The number of rotatable bonds is 6. The summed E-state index contributed by atoms with van der Waals surface area (Å²) in [5.41, 5.74) is 6.56. The molecule has 2 N–H and O–H groups in total. The quantitative estimate of drug-likeness (QED) is 0.788. The minimum Gasteiger partial charge on any atom is -0.378 e. The van der Waals surface area contributed by atoms with Gasteiger partial charge in [0.1, 0.15) is 0 Å². The van der Waals surface area contributed by atoms with Gasteiger partial charge in [0.15, 0.2) is 0 Å². The number of benzene rings is 1. The molecule has 0 atom stereocenters. The lowest BCUT2D eigenvalue weighted by Crippen LogP contribution is -2.09. The molecule has 0 aliphatic heterocycles. The Morgan fingerprint density at radius 1 is 1.00 bits per heavy atom. The highest BCUT2D eigenvalue weighted by Crippen LogP contribution is 2.28. The number of hydrogen-bond donors (Lipinski definition) is 2. The van der Waals surface area contributed by atoms with Crippen LogP contribution in [0.15, 0.2) is 54.8 Å². The third-order valence-electron chi connectivity index (χ3n) is 3.82. The van der Waals surface area contributed by atoms with Crippen molar-refractivity contribution in [2.24, 2.45) is 0 Å². The molecule has 0 aliphatic carbocycles. The van der Waals surface area contributed by atoms with Crippen LogP contribution in [-0.4, -0.2) is 43.3 Å². The van der Waals surface area contributed by atoms with Crippen molar-refractivity contribution in [3.05, 3.63) is 60.5 Å². The minimum absolute atomic E-state index is 0.955. The van der Waals surface area contributed by atoms with E-state index in [9.17, 15) is 0 Å². The van der Waals surface area contributed by atoms with Crippen molar-refractivity contribution in [2.75, 3.05) is 33.1 Å². The Hall–Kier alpha value is -2.62. The van der Waals surface area contributed by atoms with Crippen molar-refractivity contribution in [1.82, 2.24) is 15.1 Å². The van der Waals surface area contributed by atoms with E-state index < -0.39 is 0 Å². The topological polar surface area (TPSA) is 38.1 Å².